The van der Waals surface area contributed by atoms with Gasteiger partial charge < -0.3 is 9.32 Å². The Morgan fingerprint density at radius 2 is 2.07 bits per heavy atom. The molecule has 0 unspecified atom stereocenters. The fourth-order valence-corrected chi connectivity index (χ4v) is 2.10. The van der Waals surface area contributed by atoms with Gasteiger partial charge in [0.25, 0.3) is 0 Å². The smallest absolute Gasteiger partial charge is 0.227 e. The third-order valence-corrected chi connectivity index (χ3v) is 2.79. The van der Waals surface area contributed by atoms with Crippen molar-refractivity contribution in [1.29, 1.82) is 0 Å². The van der Waals surface area contributed by atoms with Crippen LogP contribution in [-0.4, -0.2) is 18.1 Å². The predicted octanol–water partition coefficient (Wildman–Crippen LogP) is 2.43. The van der Waals surface area contributed by atoms with Crippen LogP contribution >= 0.6 is 0 Å². The van der Waals surface area contributed by atoms with E-state index >= 15 is 0 Å². The highest BCUT2D eigenvalue weighted by Crippen LogP contribution is 2.28. The van der Waals surface area contributed by atoms with Gasteiger partial charge in [-0.3, -0.25) is 0 Å². The zero-order valence-corrected chi connectivity index (χ0v) is 7.94. The molecule has 3 heterocycles. The van der Waals surface area contributed by atoms with Gasteiger partial charge in [-0.05, 0) is 25.0 Å². The van der Waals surface area contributed by atoms with Crippen LogP contribution < -0.4 is 4.90 Å². The van der Waals surface area contributed by atoms with Crippen molar-refractivity contribution in [2.75, 3.05) is 18.0 Å². The summed E-state index contributed by atoms with van der Waals surface area (Å²) >= 11 is 0. The van der Waals surface area contributed by atoms with E-state index in [0.29, 0.717) is 0 Å². The quantitative estimate of drug-likeness (QED) is 0.688. The molecule has 0 radical (unpaired) electrons. The minimum atomic E-state index is 0.745. The molecule has 0 N–H and O–H groups in total. The van der Waals surface area contributed by atoms with E-state index in [1.807, 2.05) is 12.3 Å². The monoisotopic (exact) mass is 188 g/mol. The molecule has 0 bridgehead atoms. The highest BCUT2D eigenvalue weighted by atomic mass is 16.3. The molecule has 3 heteroatoms. The second kappa shape index (κ2) is 3.01. The van der Waals surface area contributed by atoms with Gasteiger partial charge in [-0.25, -0.2) is 4.98 Å². The maximum absolute atomic E-state index is 5.28. The van der Waals surface area contributed by atoms with Gasteiger partial charge >= 0.3 is 0 Å². The number of rotatable bonds is 1. The van der Waals surface area contributed by atoms with Gasteiger partial charge in [0, 0.05) is 19.3 Å². The van der Waals surface area contributed by atoms with Crippen LogP contribution in [0.4, 0.5) is 5.69 Å². The Balaban J connectivity index is 2.14. The summed E-state index contributed by atoms with van der Waals surface area (Å²) < 4.78 is 5.28. The third-order valence-electron chi connectivity index (χ3n) is 2.79. The van der Waals surface area contributed by atoms with E-state index in [9.17, 15) is 0 Å². The average molecular weight is 188 g/mol. The van der Waals surface area contributed by atoms with Crippen LogP contribution in [0.25, 0.3) is 11.1 Å². The van der Waals surface area contributed by atoms with Crippen molar-refractivity contribution >= 4 is 16.8 Å². The first-order chi connectivity index (χ1) is 6.95. The molecule has 0 amide bonds. The number of pyridine rings is 1. The van der Waals surface area contributed by atoms with E-state index in [4.69, 9.17) is 4.42 Å². The molecule has 0 spiro atoms. The van der Waals surface area contributed by atoms with Gasteiger partial charge in [0.15, 0.2) is 0 Å². The fourth-order valence-electron chi connectivity index (χ4n) is 2.10. The minimum absolute atomic E-state index is 0.745. The number of hydrogen-bond donors (Lipinski definition) is 0. The second-order valence-corrected chi connectivity index (χ2v) is 3.66. The van der Waals surface area contributed by atoms with Crippen LogP contribution in [0.15, 0.2) is 29.0 Å². The van der Waals surface area contributed by atoms with E-state index in [-0.39, 0.29) is 0 Å². The molecule has 1 aliphatic heterocycles. The van der Waals surface area contributed by atoms with E-state index in [2.05, 4.69) is 16.0 Å². The van der Waals surface area contributed by atoms with Crippen LogP contribution in [0.3, 0.4) is 0 Å². The predicted molar refractivity (Wildman–Crippen MR) is 55.5 cm³/mol. The molecule has 1 aliphatic rings. The van der Waals surface area contributed by atoms with Gasteiger partial charge in [-0.1, -0.05) is 0 Å². The maximum atomic E-state index is 5.28. The molecule has 1 saturated heterocycles. The molecule has 0 saturated carbocycles. The van der Waals surface area contributed by atoms with Gasteiger partial charge in [0.05, 0.1) is 17.3 Å². The van der Waals surface area contributed by atoms with Crippen LogP contribution in [0, 0.1) is 0 Å². The van der Waals surface area contributed by atoms with Crippen molar-refractivity contribution in [3.63, 3.8) is 0 Å². The molecule has 3 nitrogen and oxygen atoms in total. The van der Waals surface area contributed by atoms with Crippen molar-refractivity contribution in [3.05, 3.63) is 24.6 Å². The SMILES string of the molecule is c1cc(N2CCCC2)c2ccoc2n1. The molecule has 1 fully saturated rings. The largest absolute Gasteiger partial charge is 0.446 e. The lowest BCUT2D eigenvalue weighted by atomic mass is 10.2. The summed E-state index contributed by atoms with van der Waals surface area (Å²) in [5.41, 5.74) is 2.01. The summed E-state index contributed by atoms with van der Waals surface area (Å²) in [6, 6.07) is 4.07. The lowest BCUT2D eigenvalue weighted by Gasteiger charge is -2.17. The van der Waals surface area contributed by atoms with E-state index in [1.165, 1.54) is 18.5 Å². The Bertz CT molecular complexity index is 443. The van der Waals surface area contributed by atoms with Crippen molar-refractivity contribution in [1.82, 2.24) is 4.98 Å². The highest BCUT2D eigenvalue weighted by Gasteiger charge is 2.15. The first-order valence-corrected chi connectivity index (χ1v) is 5.02. The first kappa shape index (κ1) is 7.85. The summed E-state index contributed by atoms with van der Waals surface area (Å²) in [6.45, 7) is 2.31. The molecule has 0 atom stereocenters. The molecule has 14 heavy (non-hydrogen) atoms. The van der Waals surface area contributed by atoms with Crippen LogP contribution in [0.1, 0.15) is 12.8 Å². The summed E-state index contributed by atoms with van der Waals surface area (Å²) in [6.07, 6.45) is 6.11. The van der Waals surface area contributed by atoms with E-state index < -0.39 is 0 Å². The van der Waals surface area contributed by atoms with Crippen LogP contribution in [-0.2, 0) is 0 Å². The zero-order chi connectivity index (χ0) is 9.38. The number of hydrogen-bond acceptors (Lipinski definition) is 3. The number of fused-ring (bicyclic) bond motifs is 1. The molecule has 72 valence electrons. The molecule has 2 aromatic heterocycles. The second-order valence-electron chi connectivity index (χ2n) is 3.66. The Morgan fingerprint density at radius 3 is 2.93 bits per heavy atom. The summed E-state index contributed by atoms with van der Waals surface area (Å²) in [7, 11) is 0. The van der Waals surface area contributed by atoms with Crippen LogP contribution in [0.5, 0.6) is 0 Å². The van der Waals surface area contributed by atoms with Crippen molar-refractivity contribution < 1.29 is 4.42 Å². The van der Waals surface area contributed by atoms with Gasteiger partial charge in [-0.15, -0.1) is 0 Å². The zero-order valence-electron chi connectivity index (χ0n) is 7.94. The lowest BCUT2D eigenvalue weighted by Crippen LogP contribution is -2.17. The maximum Gasteiger partial charge on any atom is 0.227 e. The Labute approximate surface area is 82.3 Å². The third kappa shape index (κ3) is 1.09. The molecule has 3 rings (SSSR count). The van der Waals surface area contributed by atoms with Gasteiger partial charge in [-0.2, -0.15) is 0 Å². The average Bonchev–Trinajstić information content (AvgIpc) is 2.88. The molecule has 2 aromatic rings. The lowest BCUT2D eigenvalue weighted by molar-refractivity contribution is 0.603. The fraction of sp³-hybridized carbons (Fsp3) is 0.364. The summed E-state index contributed by atoms with van der Waals surface area (Å²) in [4.78, 5) is 6.58. The minimum Gasteiger partial charge on any atom is -0.446 e. The van der Waals surface area contributed by atoms with Crippen LogP contribution in [0.2, 0.25) is 0 Å². The molecule has 0 aliphatic carbocycles. The number of furan rings is 1. The highest BCUT2D eigenvalue weighted by molar-refractivity contribution is 5.88. The molecular formula is C11H12N2O. The van der Waals surface area contributed by atoms with Gasteiger partial charge in [0.2, 0.25) is 5.71 Å². The van der Waals surface area contributed by atoms with Gasteiger partial charge in [0.1, 0.15) is 0 Å². The first-order valence-electron chi connectivity index (χ1n) is 5.02. The molecule has 0 aromatic carbocycles. The normalized spacial score (nSPS) is 16.7. The number of anilines is 1. The van der Waals surface area contributed by atoms with Crippen molar-refractivity contribution in [2.24, 2.45) is 0 Å². The Kier molecular flexibility index (Phi) is 1.69. The topological polar surface area (TPSA) is 29.3 Å². The van der Waals surface area contributed by atoms with Crippen molar-refractivity contribution in [3.8, 4) is 0 Å². The van der Waals surface area contributed by atoms with E-state index in [0.717, 1.165) is 24.2 Å². The Morgan fingerprint density at radius 1 is 1.21 bits per heavy atom. The summed E-state index contributed by atoms with van der Waals surface area (Å²) in [5, 5.41) is 1.13. The van der Waals surface area contributed by atoms with E-state index in [1.54, 1.807) is 6.26 Å². The molecular weight excluding hydrogens is 176 g/mol. The van der Waals surface area contributed by atoms with Crippen molar-refractivity contribution in [2.45, 2.75) is 12.8 Å². The number of nitrogens with zero attached hydrogens (tertiary/aromatic N) is 2. The summed E-state index contributed by atoms with van der Waals surface area (Å²) in [5.74, 6) is 0. The number of aromatic nitrogens is 1. The Hall–Kier alpha value is -1.51. The standard InChI is InChI=1S/C11H12N2O/c1-2-7-13(6-1)10-3-5-12-11-9(10)4-8-14-11/h3-5,8H,1-2,6-7H2.